The monoisotopic (exact) mass is 222 g/mol. The Kier molecular flexibility index (Phi) is 2.53. The molecule has 72 valence electrons. The maximum absolute atomic E-state index is 11.7. The first kappa shape index (κ1) is 10.0. The number of hydrogen-bond acceptors (Lipinski definition) is 5. The summed E-state index contributed by atoms with van der Waals surface area (Å²) in [4.78, 5) is 0. The van der Waals surface area contributed by atoms with Gasteiger partial charge < -0.3 is 0 Å². The highest BCUT2D eigenvalue weighted by Crippen LogP contribution is 2.51. The van der Waals surface area contributed by atoms with Gasteiger partial charge in [0.05, 0.1) is 6.61 Å². The van der Waals surface area contributed by atoms with E-state index in [0.29, 0.717) is 0 Å². The average Bonchev–Trinajstić information content (AvgIpc) is 2.05. The molecule has 0 aromatic rings. The van der Waals surface area contributed by atoms with E-state index in [2.05, 4.69) is 8.71 Å². The van der Waals surface area contributed by atoms with Crippen molar-refractivity contribution >= 4 is 18.1 Å². The highest BCUT2D eigenvalue weighted by atomic mass is 32.2. The fourth-order valence-electron chi connectivity index (χ4n) is 0.738. The van der Waals surface area contributed by atoms with Crippen LogP contribution < -0.4 is 0 Å². The lowest BCUT2D eigenvalue weighted by atomic mass is 10.5. The molecule has 1 unspecified atom stereocenters. The Bertz CT molecular complexity index is 307. The minimum absolute atomic E-state index is 0.500. The second-order valence-electron chi connectivity index (χ2n) is 2.15. The van der Waals surface area contributed by atoms with Crippen molar-refractivity contribution in [1.82, 2.24) is 0 Å². The largest absolute Gasteiger partial charge is 0.552 e. The van der Waals surface area contributed by atoms with Crippen molar-refractivity contribution in [1.29, 1.82) is 0 Å². The predicted molar refractivity (Wildman–Crippen MR) is 34.4 cm³/mol. The van der Waals surface area contributed by atoms with Crippen LogP contribution in [-0.4, -0.2) is 26.9 Å². The Balaban J connectivity index is 2.55. The first-order valence-corrected chi connectivity index (χ1v) is 5.82. The zero-order valence-electron chi connectivity index (χ0n) is 5.64. The van der Waals surface area contributed by atoms with Crippen LogP contribution in [-0.2, 0) is 23.4 Å². The van der Waals surface area contributed by atoms with Gasteiger partial charge >= 0.3 is 7.99 Å². The van der Waals surface area contributed by atoms with Gasteiger partial charge in [-0.25, -0.2) is 4.57 Å². The molecule has 0 aromatic carbocycles. The van der Waals surface area contributed by atoms with Gasteiger partial charge in [-0.1, -0.05) is 0 Å². The van der Waals surface area contributed by atoms with E-state index < -0.39 is 36.6 Å². The van der Waals surface area contributed by atoms with Crippen molar-refractivity contribution in [3.8, 4) is 0 Å². The van der Waals surface area contributed by atoms with E-state index in [1.54, 1.807) is 0 Å². The average molecular weight is 222 g/mol. The van der Waals surface area contributed by atoms with Crippen LogP contribution in [0.4, 0.5) is 8.39 Å². The van der Waals surface area contributed by atoms with Crippen LogP contribution in [0.3, 0.4) is 0 Å². The molecule has 0 amide bonds. The van der Waals surface area contributed by atoms with E-state index in [-0.39, 0.29) is 0 Å². The van der Waals surface area contributed by atoms with Crippen molar-refractivity contribution in [2.45, 2.75) is 6.10 Å². The lowest BCUT2D eigenvalue weighted by Crippen LogP contribution is -2.13. The maximum atomic E-state index is 11.7. The van der Waals surface area contributed by atoms with Crippen LogP contribution >= 0.6 is 7.99 Å². The molecule has 1 rings (SSSR count). The van der Waals surface area contributed by atoms with Crippen molar-refractivity contribution < 1.29 is 30.1 Å². The number of rotatable bonds is 2. The van der Waals surface area contributed by atoms with Gasteiger partial charge in [-0.3, -0.25) is 8.71 Å². The molecule has 0 aromatic heterocycles. The highest BCUT2D eigenvalue weighted by Gasteiger charge is 2.36. The quantitative estimate of drug-likeness (QED) is 0.510. The molecule has 12 heavy (non-hydrogen) atoms. The van der Waals surface area contributed by atoms with Crippen LogP contribution in [0.2, 0.25) is 0 Å². The highest BCUT2D eigenvalue weighted by molar-refractivity contribution is 7.87. The lowest BCUT2D eigenvalue weighted by molar-refractivity contribution is 0.155. The third kappa shape index (κ3) is 3.14. The second kappa shape index (κ2) is 3.02. The third-order valence-corrected chi connectivity index (χ3v) is 2.91. The lowest BCUT2D eigenvalue weighted by Gasteiger charge is -2.04. The molecular weight excluding hydrogens is 217 g/mol. The smallest absolute Gasteiger partial charge is 0.273 e. The number of halogens is 2. The van der Waals surface area contributed by atoms with Gasteiger partial charge in [0.1, 0.15) is 11.9 Å². The van der Waals surface area contributed by atoms with Crippen LogP contribution in [0.5, 0.6) is 0 Å². The molecule has 0 bridgehead atoms. The van der Waals surface area contributed by atoms with E-state index in [4.69, 9.17) is 0 Å². The van der Waals surface area contributed by atoms with E-state index in [0.717, 1.165) is 0 Å². The Morgan fingerprint density at radius 1 is 1.50 bits per heavy atom. The molecule has 0 radical (unpaired) electrons. The summed E-state index contributed by atoms with van der Waals surface area (Å²) in [6.07, 6.45) is -1.32. The zero-order valence-corrected chi connectivity index (χ0v) is 7.36. The van der Waals surface area contributed by atoms with Crippen LogP contribution in [0.15, 0.2) is 0 Å². The first-order valence-electron chi connectivity index (χ1n) is 2.83. The predicted octanol–water partition coefficient (Wildman–Crippen LogP) is 0.779. The maximum Gasteiger partial charge on any atom is 0.552 e. The molecule has 0 spiro atoms. The van der Waals surface area contributed by atoms with Crippen molar-refractivity contribution in [2.75, 3.05) is 12.4 Å². The summed E-state index contributed by atoms with van der Waals surface area (Å²) in [7, 11) is -9.36. The Morgan fingerprint density at radius 3 is 2.42 bits per heavy atom. The Morgan fingerprint density at radius 2 is 2.08 bits per heavy atom. The van der Waals surface area contributed by atoms with Gasteiger partial charge in [-0.15, -0.1) is 8.39 Å². The summed E-state index contributed by atoms with van der Waals surface area (Å²) in [5, 5.41) is 0. The van der Waals surface area contributed by atoms with Gasteiger partial charge in [0.15, 0.2) is 0 Å². The summed E-state index contributed by atoms with van der Waals surface area (Å²) >= 11 is 0. The molecule has 1 fully saturated rings. The molecule has 0 N–H and O–H groups in total. The molecule has 0 saturated carbocycles. The summed E-state index contributed by atoms with van der Waals surface area (Å²) in [6.45, 7) is -0.500. The molecule has 1 atom stereocenters. The minimum atomic E-state index is -5.62. The molecule has 0 aliphatic carbocycles. The summed E-state index contributed by atoms with van der Waals surface area (Å²) < 4.78 is 61.9. The van der Waals surface area contributed by atoms with Crippen molar-refractivity contribution in [3.63, 3.8) is 0 Å². The van der Waals surface area contributed by atoms with Crippen LogP contribution in [0, 0.1) is 0 Å². The van der Waals surface area contributed by atoms with Gasteiger partial charge in [-0.2, -0.15) is 8.42 Å². The molecular formula is C3H5F2O5PS. The topological polar surface area (TPSA) is 69.7 Å². The molecule has 1 aliphatic rings. The summed E-state index contributed by atoms with van der Waals surface area (Å²) in [6, 6.07) is 0. The SMILES string of the molecule is O=P(F)(F)OC1COS(=O)(=O)C1. The first-order chi connectivity index (χ1) is 5.29. The van der Waals surface area contributed by atoms with E-state index >= 15 is 0 Å². The van der Waals surface area contributed by atoms with Crippen molar-refractivity contribution in [3.05, 3.63) is 0 Å². The van der Waals surface area contributed by atoms with Gasteiger partial charge in [0, 0.05) is 0 Å². The van der Waals surface area contributed by atoms with Gasteiger partial charge in [0.25, 0.3) is 10.1 Å². The van der Waals surface area contributed by atoms with Crippen molar-refractivity contribution in [2.24, 2.45) is 0 Å². The van der Waals surface area contributed by atoms with E-state index in [1.165, 1.54) is 0 Å². The van der Waals surface area contributed by atoms with Gasteiger partial charge in [-0.05, 0) is 0 Å². The minimum Gasteiger partial charge on any atom is -0.273 e. The molecule has 1 heterocycles. The van der Waals surface area contributed by atoms with E-state index in [9.17, 15) is 21.4 Å². The fourth-order valence-corrected chi connectivity index (χ4v) is 2.40. The number of hydrogen-bond donors (Lipinski definition) is 0. The van der Waals surface area contributed by atoms with Gasteiger partial charge in [0.2, 0.25) is 0 Å². The molecule has 5 nitrogen and oxygen atoms in total. The second-order valence-corrected chi connectivity index (χ2v) is 4.87. The third-order valence-electron chi connectivity index (χ3n) is 1.10. The van der Waals surface area contributed by atoms with Crippen LogP contribution in [0.1, 0.15) is 0 Å². The van der Waals surface area contributed by atoms with E-state index in [1.807, 2.05) is 0 Å². The normalized spacial score (nSPS) is 29.0. The van der Waals surface area contributed by atoms with Crippen LogP contribution in [0.25, 0.3) is 0 Å². The Labute approximate surface area is 67.5 Å². The standard InChI is InChI=1S/C3H5F2O5PS/c4-11(5,6)10-3-1-9-12(7,8)2-3/h3H,1-2H2. The fraction of sp³-hybridized carbons (Fsp3) is 1.00. The molecule has 1 aliphatic heterocycles. The summed E-state index contributed by atoms with van der Waals surface area (Å²) in [5.41, 5.74) is 0. The zero-order chi connectivity index (χ0) is 9.41. The summed E-state index contributed by atoms with van der Waals surface area (Å²) in [5.74, 6) is -0.676. The molecule has 1 saturated heterocycles. The molecule has 9 heteroatoms. The Hall–Kier alpha value is -0.0400.